The number of carbonyl (C=O) groups is 1. The second kappa shape index (κ2) is 11.3. The fraction of sp³-hybridized carbons (Fsp3) is 0.241. The number of aromatic nitrogens is 2. The molecule has 0 saturated heterocycles. The largest absolute Gasteiger partial charge is 0.462 e. The van der Waals surface area contributed by atoms with E-state index in [0.717, 1.165) is 35.5 Å². The molecule has 0 amide bonds. The zero-order valence-electron chi connectivity index (χ0n) is 20.7. The number of nitrogens with zero attached hydrogens (tertiary/aromatic N) is 2. The number of ether oxygens (including phenoxy) is 1. The maximum Gasteiger partial charge on any atom is 0.338 e. The summed E-state index contributed by atoms with van der Waals surface area (Å²) in [7, 11) is 1.88. The number of anilines is 1. The molecule has 1 unspecified atom stereocenters. The lowest BCUT2D eigenvalue weighted by Gasteiger charge is -2.20. The molecule has 186 valence electrons. The van der Waals surface area contributed by atoms with Crippen molar-refractivity contribution in [3.63, 3.8) is 0 Å². The first kappa shape index (κ1) is 25.3. The maximum absolute atomic E-state index is 13.8. The highest BCUT2D eigenvalue weighted by Crippen LogP contribution is 2.29. The van der Waals surface area contributed by atoms with Gasteiger partial charge in [0, 0.05) is 23.5 Å². The first-order valence-corrected chi connectivity index (χ1v) is 12.4. The van der Waals surface area contributed by atoms with Crippen molar-refractivity contribution in [2.24, 2.45) is 7.05 Å². The van der Waals surface area contributed by atoms with E-state index in [9.17, 15) is 9.59 Å². The highest BCUT2D eigenvalue weighted by molar-refractivity contribution is 6.30. The van der Waals surface area contributed by atoms with Crippen LogP contribution in [0.1, 0.15) is 53.0 Å². The van der Waals surface area contributed by atoms with Gasteiger partial charge in [-0.1, -0.05) is 55.3 Å². The summed E-state index contributed by atoms with van der Waals surface area (Å²) < 4.78 is 8.85. The first-order valence-electron chi connectivity index (χ1n) is 12.0. The zero-order chi connectivity index (χ0) is 25.7. The third-order valence-corrected chi connectivity index (χ3v) is 6.51. The fourth-order valence-electron chi connectivity index (χ4n) is 4.16. The molecule has 0 aliphatic carbocycles. The molecule has 4 aromatic rings. The van der Waals surface area contributed by atoms with Crippen LogP contribution in [0.15, 0.2) is 83.7 Å². The van der Waals surface area contributed by atoms with Crippen molar-refractivity contribution < 1.29 is 9.53 Å². The topological polar surface area (TPSA) is 65.3 Å². The molecule has 1 aromatic heterocycles. The summed E-state index contributed by atoms with van der Waals surface area (Å²) >= 11 is 6.15. The molecule has 0 spiro atoms. The number of rotatable bonds is 9. The third-order valence-electron chi connectivity index (χ3n) is 6.25. The minimum absolute atomic E-state index is 0.107. The summed E-state index contributed by atoms with van der Waals surface area (Å²) in [5.41, 5.74) is 4.31. The van der Waals surface area contributed by atoms with Gasteiger partial charge in [0.05, 0.1) is 29.5 Å². The molecule has 1 atom stereocenters. The maximum atomic E-state index is 13.8. The molecule has 0 radical (unpaired) electrons. The Morgan fingerprint density at radius 3 is 2.31 bits per heavy atom. The lowest BCUT2D eigenvalue weighted by molar-refractivity contribution is 0.0500. The van der Waals surface area contributed by atoms with E-state index in [1.54, 1.807) is 16.8 Å². The minimum Gasteiger partial charge on any atom is -0.462 e. The predicted octanol–water partition coefficient (Wildman–Crippen LogP) is 6.30. The standard InChI is InChI=1S/C29H30ClN3O3/c1-4-5-19-36-29(35)22-13-17-24(18-14-22)31-27(21-11-15-23(30)16-12-21)26-20(2)32(3)33(28(26)34)25-9-7-6-8-10-25/h6-18,27,31H,4-5,19H2,1-3H3. The molecule has 3 aromatic carbocycles. The van der Waals surface area contributed by atoms with E-state index >= 15 is 0 Å². The van der Waals surface area contributed by atoms with Gasteiger partial charge in [-0.2, -0.15) is 0 Å². The van der Waals surface area contributed by atoms with E-state index in [-0.39, 0.29) is 11.5 Å². The highest BCUT2D eigenvalue weighted by Gasteiger charge is 2.25. The van der Waals surface area contributed by atoms with E-state index < -0.39 is 6.04 Å². The smallest absolute Gasteiger partial charge is 0.338 e. The van der Waals surface area contributed by atoms with Crippen LogP contribution in [0.25, 0.3) is 5.69 Å². The summed E-state index contributed by atoms with van der Waals surface area (Å²) in [6.07, 6.45) is 1.80. The van der Waals surface area contributed by atoms with Crippen LogP contribution in [0.2, 0.25) is 5.02 Å². The van der Waals surface area contributed by atoms with E-state index in [0.29, 0.717) is 22.8 Å². The second-order valence-electron chi connectivity index (χ2n) is 8.67. The number of hydrogen-bond acceptors (Lipinski definition) is 4. The number of halogens is 1. The SMILES string of the molecule is CCCCOC(=O)c1ccc(NC(c2ccc(Cl)cc2)c2c(C)n(C)n(-c3ccccc3)c2=O)cc1. The summed E-state index contributed by atoms with van der Waals surface area (Å²) in [4.78, 5) is 26.1. The quantitative estimate of drug-likeness (QED) is 0.215. The molecule has 0 aliphatic rings. The average molecular weight is 504 g/mol. The zero-order valence-corrected chi connectivity index (χ0v) is 21.5. The number of hydrogen-bond donors (Lipinski definition) is 1. The van der Waals surface area contributed by atoms with Gasteiger partial charge in [0.1, 0.15) is 0 Å². The lowest BCUT2D eigenvalue weighted by Crippen LogP contribution is -2.24. The Bertz CT molecular complexity index is 1370. The van der Waals surface area contributed by atoms with Crippen molar-refractivity contribution in [2.75, 3.05) is 11.9 Å². The molecular weight excluding hydrogens is 474 g/mol. The minimum atomic E-state index is -0.437. The van der Waals surface area contributed by atoms with Gasteiger partial charge in [0.15, 0.2) is 0 Å². The Kier molecular flexibility index (Phi) is 7.96. The number of esters is 1. The number of para-hydroxylation sites is 1. The molecule has 1 heterocycles. The lowest BCUT2D eigenvalue weighted by atomic mass is 9.98. The predicted molar refractivity (Wildman–Crippen MR) is 144 cm³/mol. The van der Waals surface area contributed by atoms with Crippen LogP contribution in [0.4, 0.5) is 5.69 Å². The van der Waals surface area contributed by atoms with Crippen molar-refractivity contribution in [1.29, 1.82) is 0 Å². The monoisotopic (exact) mass is 503 g/mol. The molecule has 1 N–H and O–H groups in total. The molecule has 4 rings (SSSR count). The number of benzene rings is 3. The summed E-state index contributed by atoms with van der Waals surface area (Å²) in [5, 5.41) is 4.12. The van der Waals surface area contributed by atoms with Crippen LogP contribution >= 0.6 is 11.6 Å². The highest BCUT2D eigenvalue weighted by atomic mass is 35.5. The fourth-order valence-corrected chi connectivity index (χ4v) is 4.29. The number of unbranched alkanes of at least 4 members (excludes halogenated alkanes) is 1. The summed E-state index contributed by atoms with van der Waals surface area (Å²) in [6, 6.07) is 23.7. The van der Waals surface area contributed by atoms with E-state index in [2.05, 4.69) is 12.2 Å². The van der Waals surface area contributed by atoms with Gasteiger partial charge in [0.25, 0.3) is 5.56 Å². The molecular formula is C29H30ClN3O3. The van der Waals surface area contributed by atoms with E-state index in [1.807, 2.05) is 85.4 Å². The van der Waals surface area contributed by atoms with Crippen molar-refractivity contribution in [1.82, 2.24) is 9.36 Å². The Morgan fingerprint density at radius 1 is 1.00 bits per heavy atom. The van der Waals surface area contributed by atoms with E-state index in [4.69, 9.17) is 16.3 Å². The number of carbonyl (C=O) groups excluding carboxylic acids is 1. The Morgan fingerprint density at radius 2 is 1.67 bits per heavy atom. The molecule has 0 aliphatic heterocycles. The van der Waals surface area contributed by atoms with Crippen LogP contribution in [-0.2, 0) is 11.8 Å². The number of nitrogens with one attached hydrogen (secondary N) is 1. The van der Waals surface area contributed by atoms with Crippen molar-refractivity contribution in [3.8, 4) is 5.69 Å². The van der Waals surface area contributed by atoms with Gasteiger partial charge < -0.3 is 10.1 Å². The normalized spacial score (nSPS) is 11.8. The van der Waals surface area contributed by atoms with Crippen LogP contribution in [0, 0.1) is 6.92 Å². The Hall–Kier alpha value is -3.77. The third kappa shape index (κ3) is 5.39. The molecule has 6 nitrogen and oxygen atoms in total. The summed E-state index contributed by atoms with van der Waals surface area (Å²) in [5.74, 6) is -0.339. The van der Waals surface area contributed by atoms with Gasteiger partial charge in [0.2, 0.25) is 0 Å². The van der Waals surface area contributed by atoms with E-state index in [1.165, 1.54) is 0 Å². The van der Waals surface area contributed by atoms with Crippen LogP contribution < -0.4 is 10.9 Å². The Balaban J connectivity index is 1.71. The van der Waals surface area contributed by atoms with Crippen LogP contribution in [0.5, 0.6) is 0 Å². The van der Waals surface area contributed by atoms with Crippen LogP contribution in [-0.4, -0.2) is 21.9 Å². The molecule has 0 bridgehead atoms. The van der Waals surface area contributed by atoms with Gasteiger partial charge in [-0.05, 0) is 67.4 Å². The molecule has 0 fully saturated rings. The summed E-state index contributed by atoms with van der Waals surface area (Å²) in [6.45, 7) is 4.40. The molecule has 0 saturated carbocycles. The average Bonchev–Trinajstić information content (AvgIpc) is 3.11. The van der Waals surface area contributed by atoms with Crippen molar-refractivity contribution in [3.05, 3.63) is 117 Å². The van der Waals surface area contributed by atoms with Crippen molar-refractivity contribution >= 4 is 23.3 Å². The van der Waals surface area contributed by atoms with Gasteiger partial charge >= 0.3 is 5.97 Å². The van der Waals surface area contributed by atoms with Crippen molar-refractivity contribution in [2.45, 2.75) is 32.7 Å². The molecule has 36 heavy (non-hydrogen) atoms. The Labute approximate surface area is 216 Å². The van der Waals surface area contributed by atoms with Gasteiger partial charge in [-0.3, -0.25) is 9.48 Å². The van der Waals surface area contributed by atoms with Gasteiger partial charge in [-0.15, -0.1) is 0 Å². The molecule has 7 heteroatoms. The van der Waals surface area contributed by atoms with Crippen LogP contribution in [0.3, 0.4) is 0 Å². The first-order chi connectivity index (χ1) is 17.4. The second-order valence-corrected chi connectivity index (χ2v) is 9.11. The van der Waals surface area contributed by atoms with Gasteiger partial charge in [-0.25, -0.2) is 9.48 Å².